The van der Waals surface area contributed by atoms with E-state index in [4.69, 9.17) is 17.0 Å². The number of methoxy groups -OCH3 is 1. The van der Waals surface area contributed by atoms with E-state index in [-0.39, 0.29) is 28.8 Å². The van der Waals surface area contributed by atoms with Gasteiger partial charge in [0.15, 0.2) is 5.11 Å². The quantitative estimate of drug-likeness (QED) is 0.527. The Bertz CT molecular complexity index is 945. The Kier molecular flexibility index (Phi) is 6.93. The lowest BCUT2D eigenvalue weighted by atomic mass is 9.72. The van der Waals surface area contributed by atoms with Crippen LogP contribution < -0.4 is 10.6 Å². The number of anilines is 1. The molecule has 1 aromatic heterocycles. The smallest absolute Gasteiger partial charge is 0.341 e. The van der Waals surface area contributed by atoms with Gasteiger partial charge in [0, 0.05) is 4.88 Å². The summed E-state index contributed by atoms with van der Waals surface area (Å²) in [6, 6.07) is 9.48. The van der Waals surface area contributed by atoms with Crippen molar-refractivity contribution in [1.82, 2.24) is 5.32 Å². The summed E-state index contributed by atoms with van der Waals surface area (Å²) in [4.78, 5) is 26.0. The molecule has 1 aliphatic rings. The second kappa shape index (κ2) is 9.27. The maximum absolute atomic E-state index is 12.5. The molecule has 0 fully saturated rings. The summed E-state index contributed by atoms with van der Waals surface area (Å²) in [7, 11) is 1.39. The molecule has 0 bridgehead atoms. The van der Waals surface area contributed by atoms with E-state index in [1.54, 1.807) is 0 Å². The second-order valence-electron chi connectivity index (χ2n) is 8.67. The summed E-state index contributed by atoms with van der Waals surface area (Å²) < 4.78 is 5.03. The van der Waals surface area contributed by atoms with Crippen LogP contribution in [-0.2, 0) is 28.8 Å². The molecule has 2 N–H and O–H groups in total. The minimum atomic E-state index is -0.373. The maximum Gasteiger partial charge on any atom is 0.341 e. The Morgan fingerprint density at radius 1 is 1.23 bits per heavy atom. The zero-order valence-electron chi connectivity index (χ0n) is 17.8. The maximum atomic E-state index is 12.5. The average Bonchev–Trinajstić information content (AvgIpc) is 3.04. The van der Waals surface area contributed by atoms with E-state index in [1.165, 1.54) is 23.3 Å². The van der Waals surface area contributed by atoms with Gasteiger partial charge in [-0.25, -0.2) is 4.79 Å². The molecule has 0 radical (unpaired) electrons. The standard InChI is InChI=1S/C23H28N2O3S2/c1-23(2,3)15-10-11-16-17(13-15)30-20(19(16)21(27)28-4)25-22(29)24-18(26)12-14-8-6-5-7-9-14/h5-9,15H,10-13H2,1-4H3,(H2,24,25,26,29). The Labute approximate surface area is 187 Å². The number of amides is 1. The summed E-state index contributed by atoms with van der Waals surface area (Å²) in [6.45, 7) is 6.77. The van der Waals surface area contributed by atoms with Gasteiger partial charge in [0.05, 0.1) is 19.1 Å². The van der Waals surface area contributed by atoms with E-state index in [0.29, 0.717) is 16.5 Å². The van der Waals surface area contributed by atoms with Crippen molar-refractivity contribution >= 4 is 45.5 Å². The summed E-state index contributed by atoms with van der Waals surface area (Å²) >= 11 is 6.88. The van der Waals surface area contributed by atoms with Gasteiger partial charge in [0.1, 0.15) is 5.00 Å². The minimum absolute atomic E-state index is 0.187. The summed E-state index contributed by atoms with van der Waals surface area (Å²) in [5.74, 6) is -0.0189. The number of carbonyl (C=O) groups is 2. The molecule has 1 heterocycles. The van der Waals surface area contributed by atoms with Gasteiger partial charge in [0.2, 0.25) is 5.91 Å². The van der Waals surface area contributed by atoms with Crippen LogP contribution in [0.2, 0.25) is 0 Å². The first-order chi connectivity index (χ1) is 14.2. The molecule has 1 atom stereocenters. The molecule has 5 nitrogen and oxygen atoms in total. The molecule has 0 aliphatic heterocycles. The van der Waals surface area contributed by atoms with Gasteiger partial charge in [-0.1, -0.05) is 51.1 Å². The van der Waals surface area contributed by atoms with Crippen LogP contribution in [-0.4, -0.2) is 24.1 Å². The molecule has 1 amide bonds. The van der Waals surface area contributed by atoms with Crippen molar-refractivity contribution in [2.24, 2.45) is 11.3 Å². The number of thiocarbonyl (C=S) groups is 1. The van der Waals surface area contributed by atoms with Crippen molar-refractivity contribution in [1.29, 1.82) is 0 Å². The van der Waals surface area contributed by atoms with Crippen molar-refractivity contribution in [3.63, 3.8) is 0 Å². The fourth-order valence-electron chi connectivity index (χ4n) is 3.82. The largest absolute Gasteiger partial charge is 0.465 e. The highest BCUT2D eigenvalue weighted by molar-refractivity contribution is 7.80. The summed E-state index contributed by atoms with van der Waals surface area (Å²) in [5.41, 5.74) is 2.71. The predicted octanol–water partition coefficient (Wildman–Crippen LogP) is 4.74. The van der Waals surface area contributed by atoms with Crippen molar-refractivity contribution in [2.75, 3.05) is 12.4 Å². The molecular weight excluding hydrogens is 416 g/mol. The number of thiophene rings is 1. The molecule has 0 saturated carbocycles. The first-order valence-electron chi connectivity index (χ1n) is 10.1. The zero-order chi connectivity index (χ0) is 21.9. The molecule has 1 aliphatic carbocycles. The number of benzene rings is 1. The first kappa shape index (κ1) is 22.4. The third kappa shape index (κ3) is 5.26. The fraction of sp³-hybridized carbons (Fsp3) is 0.435. The molecular formula is C23H28N2O3S2. The van der Waals surface area contributed by atoms with Gasteiger partial charge in [-0.15, -0.1) is 11.3 Å². The molecule has 0 spiro atoms. The minimum Gasteiger partial charge on any atom is -0.465 e. The Balaban J connectivity index is 1.75. The number of esters is 1. The number of hydrogen-bond acceptors (Lipinski definition) is 5. The summed E-state index contributed by atoms with van der Waals surface area (Å²) in [5, 5.41) is 6.61. The van der Waals surface area contributed by atoms with Crippen molar-refractivity contribution in [3.05, 3.63) is 51.9 Å². The van der Waals surface area contributed by atoms with Crippen molar-refractivity contribution in [3.8, 4) is 0 Å². The van der Waals surface area contributed by atoms with Gasteiger partial charge in [-0.2, -0.15) is 0 Å². The van der Waals surface area contributed by atoms with Crippen LogP contribution in [0.1, 0.15) is 53.6 Å². The zero-order valence-corrected chi connectivity index (χ0v) is 19.5. The fourth-order valence-corrected chi connectivity index (χ4v) is 5.42. The highest BCUT2D eigenvalue weighted by atomic mass is 32.1. The van der Waals surface area contributed by atoms with Crippen LogP contribution in [0.5, 0.6) is 0 Å². The number of hydrogen-bond donors (Lipinski definition) is 2. The van der Waals surface area contributed by atoms with Gasteiger partial charge < -0.3 is 15.4 Å². The highest BCUT2D eigenvalue weighted by Gasteiger charge is 2.34. The number of nitrogens with one attached hydrogen (secondary N) is 2. The Morgan fingerprint density at radius 3 is 2.57 bits per heavy atom. The van der Waals surface area contributed by atoms with Gasteiger partial charge in [-0.05, 0) is 53.9 Å². The number of ether oxygens (including phenoxy) is 1. The Morgan fingerprint density at radius 2 is 1.93 bits per heavy atom. The van der Waals surface area contributed by atoms with E-state index in [9.17, 15) is 9.59 Å². The molecule has 0 saturated heterocycles. The molecule has 7 heteroatoms. The third-order valence-corrected chi connectivity index (χ3v) is 6.94. The van der Waals surface area contributed by atoms with Crippen LogP contribution in [0, 0.1) is 11.3 Å². The lowest BCUT2D eigenvalue weighted by molar-refractivity contribution is -0.119. The number of fused-ring (bicyclic) bond motifs is 1. The van der Waals surface area contributed by atoms with E-state index < -0.39 is 0 Å². The molecule has 1 aromatic carbocycles. The predicted molar refractivity (Wildman–Crippen MR) is 125 cm³/mol. The molecule has 160 valence electrons. The third-order valence-electron chi connectivity index (χ3n) is 5.57. The van der Waals surface area contributed by atoms with Crippen LogP contribution in [0.25, 0.3) is 0 Å². The number of rotatable bonds is 4. The monoisotopic (exact) mass is 444 g/mol. The number of carbonyl (C=O) groups excluding carboxylic acids is 2. The van der Waals surface area contributed by atoms with Crippen molar-refractivity contribution in [2.45, 2.75) is 46.5 Å². The molecule has 3 rings (SSSR count). The molecule has 2 aromatic rings. The van der Waals surface area contributed by atoms with Gasteiger partial charge >= 0.3 is 5.97 Å². The van der Waals surface area contributed by atoms with Crippen LogP contribution in [0.4, 0.5) is 5.00 Å². The first-order valence-corrected chi connectivity index (χ1v) is 11.3. The normalized spacial score (nSPS) is 15.8. The lowest BCUT2D eigenvalue weighted by Gasteiger charge is -2.33. The van der Waals surface area contributed by atoms with Crippen LogP contribution in [0.15, 0.2) is 30.3 Å². The second-order valence-corrected chi connectivity index (χ2v) is 10.2. The lowest BCUT2D eigenvalue weighted by Crippen LogP contribution is -2.35. The van der Waals surface area contributed by atoms with E-state index in [0.717, 1.165) is 30.4 Å². The van der Waals surface area contributed by atoms with E-state index in [2.05, 4.69) is 31.4 Å². The highest BCUT2D eigenvalue weighted by Crippen LogP contribution is 2.44. The SMILES string of the molecule is COC(=O)c1c(NC(=S)NC(=O)Cc2ccccc2)sc2c1CCC(C(C)(C)C)C2. The Hall–Kier alpha value is -2.25. The van der Waals surface area contributed by atoms with Crippen LogP contribution in [0.3, 0.4) is 0 Å². The van der Waals surface area contributed by atoms with Gasteiger partial charge in [0.25, 0.3) is 0 Å². The van der Waals surface area contributed by atoms with Crippen molar-refractivity contribution < 1.29 is 14.3 Å². The van der Waals surface area contributed by atoms with Crippen LogP contribution >= 0.6 is 23.6 Å². The molecule has 30 heavy (non-hydrogen) atoms. The van der Waals surface area contributed by atoms with E-state index >= 15 is 0 Å². The summed E-state index contributed by atoms with van der Waals surface area (Å²) in [6.07, 6.45) is 3.05. The molecule has 1 unspecified atom stereocenters. The van der Waals surface area contributed by atoms with Gasteiger partial charge in [-0.3, -0.25) is 4.79 Å². The van der Waals surface area contributed by atoms with E-state index in [1.807, 2.05) is 30.3 Å². The average molecular weight is 445 g/mol. The topological polar surface area (TPSA) is 67.4 Å².